The third kappa shape index (κ3) is 3.81. The smallest absolute Gasteiger partial charge is 0.139 e. The fourth-order valence-electron chi connectivity index (χ4n) is 3.79. The van der Waals surface area contributed by atoms with Crippen molar-refractivity contribution >= 4 is 22.8 Å². The van der Waals surface area contributed by atoms with Crippen LogP contribution in [0.4, 0.5) is 0 Å². The molecular weight excluding hydrogens is 326 g/mol. The van der Waals surface area contributed by atoms with Crippen LogP contribution < -0.4 is 10.6 Å². The predicted molar refractivity (Wildman–Crippen MR) is 104 cm³/mol. The van der Waals surface area contributed by atoms with Gasteiger partial charge in [0.25, 0.3) is 0 Å². The summed E-state index contributed by atoms with van der Waals surface area (Å²) in [6.07, 6.45) is 11.9. The van der Waals surface area contributed by atoms with Gasteiger partial charge in [-0.25, -0.2) is 4.98 Å². The van der Waals surface area contributed by atoms with Gasteiger partial charge in [0.2, 0.25) is 0 Å². The molecule has 6 heteroatoms. The predicted octanol–water partition coefficient (Wildman–Crippen LogP) is 2.75. The molecule has 4 rings (SSSR count). The van der Waals surface area contributed by atoms with Crippen LogP contribution >= 0.6 is 0 Å². The largest absolute Gasteiger partial charge is 0.366 e. The molecule has 0 aromatic carbocycles. The average molecular weight is 353 g/mol. The summed E-state index contributed by atoms with van der Waals surface area (Å²) in [6.45, 7) is 4.03. The molecule has 4 heterocycles. The molecule has 0 radical (unpaired) electrons. The van der Waals surface area contributed by atoms with Crippen molar-refractivity contribution in [1.29, 1.82) is 5.41 Å². The number of rotatable bonds is 6. The topological polar surface area (TPSA) is 75.0 Å². The normalized spacial score (nSPS) is 24.1. The molecule has 138 valence electrons. The lowest BCUT2D eigenvalue weighted by Crippen LogP contribution is -2.31. The van der Waals surface area contributed by atoms with E-state index >= 15 is 0 Å². The Morgan fingerprint density at radius 2 is 2.38 bits per heavy atom. The van der Waals surface area contributed by atoms with Crippen molar-refractivity contribution in [3.63, 3.8) is 0 Å². The molecule has 0 bridgehead atoms. The summed E-state index contributed by atoms with van der Waals surface area (Å²) in [5.74, 6) is 0.684. The van der Waals surface area contributed by atoms with Crippen LogP contribution in [-0.4, -0.2) is 41.7 Å². The highest BCUT2D eigenvalue weighted by molar-refractivity contribution is 6.08. The fraction of sp³-hybridized carbons (Fsp3) is 0.500. The summed E-state index contributed by atoms with van der Waals surface area (Å²) in [5, 5.41) is 15.6. The molecule has 2 aromatic rings. The van der Waals surface area contributed by atoms with Gasteiger partial charge in [-0.1, -0.05) is 0 Å². The van der Waals surface area contributed by atoms with Gasteiger partial charge in [0.05, 0.1) is 0 Å². The Balaban J connectivity index is 1.50. The van der Waals surface area contributed by atoms with Crippen LogP contribution in [0.3, 0.4) is 0 Å². The molecule has 2 saturated heterocycles. The number of ether oxygens (including phenoxy) is 1. The zero-order valence-corrected chi connectivity index (χ0v) is 15.1. The zero-order chi connectivity index (χ0) is 17.8. The second-order valence-electron chi connectivity index (χ2n) is 7.23. The summed E-state index contributed by atoms with van der Waals surface area (Å²) in [7, 11) is 0. The number of hydrogen-bond acceptors (Lipinski definition) is 5. The van der Waals surface area contributed by atoms with E-state index in [0.717, 1.165) is 61.3 Å². The molecule has 6 nitrogen and oxygen atoms in total. The van der Waals surface area contributed by atoms with Gasteiger partial charge in [0.15, 0.2) is 0 Å². The third-order valence-electron chi connectivity index (χ3n) is 5.31. The van der Waals surface area contributed by atoms with Gasteiger partial charge in [-0.05, 0) is 56.8 Å². The van der Waals surface area contributed by atoms with Crippen molar-refractivity contribution in [3.8, 4) is 0 Å². The maximum Gasteiger partial charge on any atom is 0.139 e. The standard InChI is InChI=1S/C20H27N5O/c21-10-18(13-23-19-3-1-2-8-26-19)17-9-16-5-7-25(20(16)24-12-17)14-15-4-6-22-11-15/h5,7,9-10,12-13,15,19,21-23H,1-4,6,8,11,14H2/b18-13+,21-10?. The first kappa shape index (κ1) is 17.2. The molecule has 2 fully saturated rings. The molecule has 2 atom stereocenters. The van der Waals surface area contributed by atoms with E-state index in [1.165, 1.54) is 19.1 Å². The summed E-state index contributed by atoms with van der Waals surface area (Å²) < 4.78 is 7.94. The minimum Gasteiger partial charge on any atom is -0.366 e. The Morgan fingerprint density at radius 3 is 3.15 bits per heavy atom. The zero-order valence-electron chi connectivity index (χ0n) is 15.1. The lowest BCUT2D eigenvalue weighted by molar-refractivity contribution is 0.00348. The molecule has 26 heavy (non-hydrogen) atoms. The first-order valence-corrected chi connectivity index (χ1v) is 9.58. The molecule has 3 N–H and O–H groups in total. The van der Waals surface area contributed by atoms with Crippen molar-refractivity contribution in [2.45, 2.75) is 38.5 Å². The minimum absolute atomic E-state index is 0.0523. The van der Waals surface area contributed by atoms with Crippen LogP contribution in [0.15, 0.2) is 30.7 Å². The van der Waals surface area contributed by atoms with Gasteiger partial charge in [-0.3, -0.25) is 0 Å². The third-order valence-corrected chi connectivity index (χ3v) is 5.31. The minimum atomic E-state index is 0.0523. The highest BCUT2D eigenvalue weighted by atomic mass is 16.5. The lowest BCUT2D eigenvalue weighted by Gasteiger charge is -2.23. The van der Waals surface area contributed by atoms with E-state index in [2.05, 4.69) is 38.5 Å². The number of pyridine rings is 1. The van der Waals surface area contributed by atoms with E-state index in [9.17, 15) is 0 Å². The van der Waals surface area contributed by atoms with Crippen LogP contribution in [0.25, 0.3) is 16.6 Å². The van der Waals surface area contributed by atoms with Crippen molar-refractivity contribution in [1.82, 2.24) is 20.2 Å². The van der Waals surface area contributed by atoms with Gasteiger partial charge in [0, 0.05) is 54.5 Å². The SMILES string of the molecule is N=C/C(=C\NC1CCCCO1)c1cnc2c(ccn2CC2CCNC2)c1. The van der Waals surface area contributed by atoms with Crippen molar-refractivity contribution in [2.24, 2.45) is 5.92 Å². The van der Waals surface area contributed by atoms with Gasteiger partial charge in [-0.2, -0.15) is 0 Å². The molecule has 0 amide bonds. The Morgan fingerprint density at radius 1 is 1.42 bits per heavy atom. The van der Waals surface area contributed by atoms with Crippen LogP contribution in [0.2, 0.25) is 0 Å². The Kier molecular flexibility index (Phi) is 5.32. The number of nitrogens with one attached hydrogen (secondary N) is 3. The summed E-state index contributed by atoms with van der Waals surface area (Å²) in [6, 6.07) is 4.24. The highest BCUT2D eigenvalue weighted by Crippen LogP contribution is 2.21. The van der Waals surface area contributed by atoms with Gasteiger partial charge in [0.1, 0.15) is 11.9 Å². The summed E-state index contributed by atoms with van der Waals surface area (Å²) >= 11 is 0. The van der Waals surface area contributed by atoms with E-state index in [0.29, 0.717) is 5.92 Å². The number of aromatic nitrogens is 2. The fourth-order valence-corrected chi connectivity index (χ4v) is 3.79. The molecule has 0 aliphatic carbocycles. The van der Waals surface area contributed by atoms with Gasteiger partial charge < -0.3 is 25.3 Å². The molecule has 2 aromatic heterocycles. The maximum absolute atomic E-state index is 7.76. The molecule has 0 saturated carbocycles. The van der Waals surface area contributed by atoms with Crippen LogP contribution in [0, 0.1) is 11.3 Å². The van der Waals surface area contributed by atoms with E-state index < -0.39 is 0 Å². The first-order valence-electron chi connectivity index (χ1n) is 9.58. The molecule has 0 spiro atoms. The first-order chi connectivity index (χ1) is 12.8. The number of fused-ring (bicyclic) bond motifs is 1. The second kappa shape index (κ2) is 8.01. The van der Waals surface area contributed by atoms with E-state index in [-0.39, 0.29) is 6.23 Å². The maximum atomic E-state index is 7.76. The van der Waals surface area contributed by atoms with Crippen LogP contribution in [0.5, 0.6) is 0 Å². The van der Waals surface area contributed by atoms with E-state index in [1.807, 2.05) is 12.4 Å². The molecule has 2 unspecified atom stereocenters. The molecule has 2 aliphatic rings. The van der Waals surface area contributed by atoms with Crippen molar-refractivity contribution in [3.05, 3.63) is 36.3 Å². The number of nitrogens with zero attached hydrogens (tertiary/aromatic N) is 2. The second-order valence-corrected chi connectivity index (χ2v) is 7.23. The van der Waals surface area contributed by atoms with Crippen LogP contribution in [-0.2, 0) is 11.3 Å². The number of allylic oxidation sites excluding steroid dienone is 1. The number of hydrogen-bond donors (Lipinski definition) is 3. The van der Waals surface area contributed by atoms with Crippen molar-refractivity contribution < 1.29 is 4.74 Å². The Bertz CT molecular complexity index is 785. The highest BCUT2D eigenvalue weighted by Gasteiger charge is 2.16. The quantitative estimate of drug-likeness (QED) is 0.698. The Hall–Kier alpha value is -2.18. The molecule has 2 aliphatic heterocycles. The monoisotopic (exact) mass is 353 g/mol. The summed E-state index contributed by atoms with van der Waals surface area (Å²) in [5.41, 5.74) is 2.80. The van der Waals surface area contributed by atoms with Gasteiger partial charge in [-0.15, -0.1) is 0 Å². The average Bonchev–Trinajstić information content (AvgIpc) is 3.33. The Labute approximate surface area is 154 Å². The van der Waals surface area contributed by atoms with Crippen molar-refractivity contribution in [2.75, 3.05) is 19.7 Å². The van der Waals surface area contributed by atoms with E-state index in [4.69, 9.17) is 10.1 Å². The lowest BCUT2D eigenvalue weighted by atomic mass is 10.1. The van der Waals surface area contributed by atoms with E-state index in [1.54, 1.807) is 0 Å². The molecular formula is C20H27N5O. The van der Waals surface area contributed by atoms with Gasteiger partial charge >= 0.3 is 0 Å². The summed E-state index contributed by atoms with van der Waals surface area (Å²) in [4.78, 5) is 4.69. The van der Waals surface area contributed by atoms with Crippen LogP contribution in [0.1, 0.15) is 31.2 Å².